The van der Waals surface area contributed by atoms with E-state index >= 15 is 0 Å². The predicted octanol–water partition coefficient (Wildman–Crippen LogP) is 2.70. The molecule has 0 aliphatic carbocycles. The summed E-state index contributed by atoms with van der Waals surface area (Å²) in [7, 11) is 0. The molecule has 1 amide bonds. The number of carbonyl (C=O) groups is 1. The first-order valence-corrected chi connectivity index (χ1v) is 8.85. The van der Waals surface area contributed by atoms with Crippen molar-refractivity contribution in [2.45, 2.75) is 38.8 Å². The number of benzene rings is 1. The number of aromatic nitrogens is 2. The van der Waals surface area contributed by atoms with Crippen molar-refractivity contribution in [3.8, 4) is 0 Å². The summed E-state index contributed by atoms with van der Waals surface area (Å²) in [6, 6.07) is 6.07. The van der Waals surface area contributed by atoms with Gasteiger partial charge in [-0.3, -0.25) is 4.79 Å². The highest BCUT2D eigenvalue weighted by Crippen LogP contribution is 2.15. The molecule has 1 N–H and O–H groups in total. The number of carbonyl (C=O) groups excluding carboxylic acids is 1. The van der Waals surface area contributed by atoms with Gasteiger partial charge < -0.3 is 14.7 Å². The highest BCUT2D eigenvalue weighted by atomic mass is 19.1. The average Bonchev–Trinajstić information content (AvgIpc) is 2.96. The number of halogens is 1. The van der Waals surface area contributed by atoms with Crippen LogP contribution in [0.1, 0.15) is 36.5 Å². The minimum atomic E-state index is -0.249. The van der Waals surface area contributed by atoms with E-state index in [1.807, 2.05) is 12.2 Å². The number of nitrogens with zero attached hydrogens (tertiary/aromatic N) is 3. The monoisotopic (exact) mass is 358 g/mol. The molecule has 2 heterocycles. The van der Waals surface area contributed by atoms with Gasteiger partial charge in [0.25, 0.3) is 0 Å². The highest BCUT2D eigenvalue weighted by Gasteiger charge is 2.27. The minimum absolute atomic E-state index is 0.0635. The number of likely N-dealkylation sites (tertiary alicyclic amines) is 1. The topological polar surface area (TPSA) is 71.3 Å². The Morgan fingerprint density at radius 1 is 1.35 bits per heavy atom. The van der Waals surface area contributed by atoms with Gasteiger partial charge >= 0.3 is 0 Å². The van der Waals surface area contributed by atoms with Crippen molar-refractivity contribution in [1.82, 2.24) is 20.4 Å². The largest absolute Gasteiger partial charge is 0.337 e. The molecule has 1 unspecified atom stereocenters. The van der Waals surface area contributed by atoms with E-state index in [-0.39, 0.29) is 17.8 Å². The Morgan fingerprint density at radius 3 is 2.88 bits per heavy atom. The molecule has 1 atom stereocenters. The normalized spacial score (nSPS) is 18.5. The van der Waals surface area contributed by atoms with E-state index in [0.717, 1.165) is 24.8 Å². The van der Waals surface area contributed by atoms with Crippen LogP contribution in [-0.4, -0.2) is 40.1 Å². The second kappa shape index (κ2) is 8.71. The third-order valence-electron chi connectivity index (χ3n) is 4.34. The summed E-state index contributed by atoms with van der Waals surface area (Å²) in [5.41, 5.74) is 0.925. The molecule has 1 fully saturated rings. The number of aryl methyl sites for hydroxylation is 1. The van der Waals surface area contributed by atoms with Crippen molar-refractivity contribution >= 4 is 12.0 Å². The zero-order chi connectivity index (χ0) is 18.4. The van der Waals surface area contributed by atoms with Gasteiger partial charge in [-0.25, -0.2) is 4.39 Å². The van der Waals surface area contributed by atoms with Gasteiger partial charge in [-0.15, -0.1) is 0 Å². The Balaban J connectivity index is 1.54. The number of hydrogen-bond acceptors (Lipinski definition) is 5. The molecule has 1 aliphatic heterocycles. The Kier molecular flexibility index (Phi) is 6.12. The molecule has 3 rings (SSSR count). The summed E-state index contributed by atoms with van der Waals surface area (Å²) >= 11 is 0. The molecule has 1 saturated heterocycles. The van der Waals surface area contributed by atoms with Crippen LogP contribution in [-0.2, 0) is 11.3 Å². The van der Waals surface area contributed by atoms with E-state index in [2.05, 4.69) is 15.5 Å². The molecule has 0 saturated carbocycles. The van der Waals surface area contributed by atoms with Crippen LogP contribution >= 0.6 is 0 Å². The Morgan fingerprint density at radius 2 is 2.15 bits per heavy atom. The van der Waals surface area contributed by atoms with Crippen LogP contribution in [0.5, 0.6) is 0 Å². The minimum Gasteiger partial charge on any atom is -0.337 e. The van der Waals surface area contributed by atoms with Gasteiger partial charge in [-0.2, -0.15) is 4.98 Å². The third-order valence-corrected chi connectivity index (χ3v) is 4.34. The number of hydrogen-bond donors (Lipinski definition) is 1. The lowest BCUT2D eigenvalue weighted by Crippen LogP contribution is -2.45. The first kappa shape index (κ1) is 18.3. The van der Waals surface area contributed by atoms with E-state index in [9.17, 15) is 9.18 Å². The maximum Gasteiger partial charge on any atom is 0.246 e. The summed E-state index contributed by atoms with van der Waals surface area (Å²) in [6.07, 6.45) is 6.61. The number of nitrogens with one attached hydrogen (secondary N) is 1. The van der Waals surface area contributed by atoms with Gasteiger partial charge in [0.2, 0.25) is 11.8 Å². The molecule has 2 aromatic rings. The number of amides is 1. The first-order chi connectivity index (χ1) is 12.6. The smallest absolute Gasteiger partial charge is 0.246 e. The second-order valence-electron chi connectivity index (χ2n) is 6.41. The lowest BCUT2D eigenvalue weighted by atomic mass is 10.1. The Bertz CT molecular complexity index is 757. The summed E-state index contributed by atoms with van der Waals surface area (Å²) in [5.74, 6) is 0.852. The van der Waals surface area contributed by atoms with Gasteiger partial charge in [0.15, 0.2) is 5.82 Å². The Labute approximate surface area is 152 Å². The van der Waals surface area contributed by atoms with E-state index in [1.54, 1.807) is 24.0 Å². The van der Waals surface area contributed by atoms with Crippen LogP contribution in [0.15, 0.2) is 34.9 Å². The van der Waals surface area contributed by atoms with Crippen LogP contribution in [0.4, 0.5) is 4.39 Å². The van der Waals surface area contributed by atoms with E-state index in [1.165, 1.54) is 12.1 Å². The molecule has 7 heteroatoms. The van der Waals surface area contributed by atoms with Gasteiger partial charge in [0, 0.05) is 13.1 Å². The molecular formula is C19H23FN4O2. The number of rotatable bonds is 6. The van der Waals surface area contributed by atoms with E-state index < -0.39 is 0 Å². The van der Waals surface area contributed by atoms with E-state index in [0.29, 0.717) is 31.3 Å². The molecule has 1 aromatic heterocycles. The first-order valence-electron chi connectivity index (χ1n) is 8.85. The summed E-state index contributed by atoms with van der Waals surface area (Å²) in [5, 5.41) is 7.07. The average molecular weight is 358 g/mol. The van der Waals surface area contributed by atoms with Crippen molar-refractivity contribution in [2.24, 2.45) is 0 Å². The summed E-state index contributed by atoms with van der Waals surface area (Å²) in [4.78, 5) is 18.7. The Hall–Kier alpha value is -2.54. The molecule has 0 radical (unpaired) electrons. The lowest BCUT2D eigenvalue weighted by Gasteiger charge is -2.23. The molecule has 0 bridgehead atoms. The van der Waals surface area contributed by atoms with Crippen LogP contribution in [0.2, 0.25) is 0 Å². The van der Waals surface area contributed by atoms with Gasteiger partial charge in [-0.1, -0.05) is 29.4 Å². The molecule has 1 aromatic carbocycles. The molecular weight excluding hydrogens is 335 g/mol. The van der Waals surface area contributed by atoms with Crippen molar-refractivity contribution in [2.75, 3.05) is 13.1 Å². The maximum atomic E-state index is 12.9. The van der Waals surface area contributed by atoms with Crippen molar-refractivity contribution in [1.29, 1.82) is 0 Å². The fourth-order valence-electron chi connectivity index (χ4n) is 3.00. The van der Waals surface area contributed by atoms with Crippen molar-refractivity contribution < 1.29 is 13.7 Å². The standard InChI is InChI=1S/C19H23FN4O2/c1-14-22-18(26-23-14)13-24-12-3-2-6-17(19(24)25)21-11-4-5-15-7-9-16(20)10-8-15/h4-5,7-10,17,21H,2-3,6,11-13H2,1H3/b5-4+. The second-order valence-corrected chi connectivity index (χ2v) is 6.41. The third kappa shape index (κ3) is 4.98. The quantitative estimate of drug-likeness (QED) is 0.860. The van der Waals surface area contributed by atoms with Crippen LogP contribution in [0, 0.1) is 12.7 Å². The molecule has 1 aliphatic rings. The van der Waals surface area contributed by atoms with Gasteiger partial charge in [0.05, 0.1) is 6.04 Å². The molecule has 26 heavy (non-hydrogen) atoms. The zero-order valence-electron chi connectivity index (χ0n) is 14.8. The SMILES string of the molecule is Cc1noc(CN2CCCCC(NC/C=C/c3ccc(F)cc3)C2=O)n1. The predicted molar refractivity (Wildman–Crippen MR) is 95.5 cm³/mol. The van der Waals surface area contributed by atoms with Crippen molar-refractivity contribution in [3.63, 3.8) is 0 Å². The fourth-order valence-corrected chi connectivity index (χ4v) is 3.00. The highest BCUT2D eigenvalue weighted by molar-refractivity contribution is 5.82. The molecule has 6 nitrogen and oxygen atoms in total. The van der Waals surface area contributed by atoms with Crippen LogP contribution < -0.4 is 5.32 Å². The summed E-state index contributed by atoms with van der Waals surface area (Å²) in [6.45, 7) is 3.38. The maximum absolute atomic E-state index is 12.9. The summed E-state index contributed by atoms with van der Waals surface area (Å²) < 4.78 is 18.0. The van der Waals surface area contributed by atoms with Crippen molar-refractivity contribution in [3.05, 3.63) is 53.4 Å². The zero-order valence-corrected chi connectivity index (χ0v) is 14.8. The van der Waals surface area contributed by atoms with Crippen LogP contribution in [0.3, 0.4) is 0 Å². The van der Waals surface area contributed by atoms with Gasteiger partial charge in [0.1, 0.15) is 12.4 Å². The molecule has 138 valence electrons. The van der Waals surface area contributed by atoms with E-state index in [4.69, 9.17) is 4.52 Å². The lowest BCUT2D eigenvalue weighted by molar-refractivity contribution is -0.133. The van der Waals surface area contributed by atoms with Crippen LogP contribution in [0.25, 0.3) is 6.08 Å². The molecule has 0 spiro atoms. The van der Waals surface area contributed by atoms with Gasteiger partial charge in [-0.05, 0) is 43.9 Å². The fraction of sp³-hybridized carbons (Fsp3) is 0.421.